The van der Waals surface area contributed by atoms with E-state index in [0.29, 0.717) is 5.69 Å². The molecule has 1 aromatic carbocycles. The third-order valence-corrected chi connectivity index (χ3v) is 2.18. The summed E-state index contributed by atoms with van der Waals surface area (Å²) in [6.45, 7) is 0. The lowest BCUT2D eigenvalue weighted by Crippen LogP contribution is -2.09. The molecule has 2 aromatic rings. The lowest BCUT2D eigenvalue weighted by atomic mass is 10.3. The van der Waals surface area contributed by atoms with Gasteiger partial charge < -0.3 is 0 Å². The minimum Gasteiger partial charge on any atom is -0.258 e. The number of benzene rings is 1. The van der Waals surface area contributed by atoms with Crippen molar-refractivity contribution in [1.82, 2.24) is 9.78 Å². The Labute approximate surface area is 98.6 Å². The molecule has 0 aliphatic carbocycles. The Morgan fingerprint density at radius 3 is 2.28 bits per heavy atom. The molecular weight excluding hydrogens is 251 g/mol. The number of rotatable bonds is 2. The number of aromatic nitrogens is 2. The molecule has 0 bridgehead atoms. The standard InChI is InChI=1S/C10H6F3N3O2/c11-10(12,13)9-8(16(17)18)6-15(14-9)7-4-2-1-3-5-7/h1-6H. The van der Waals surface area contributed by atoms with Crippen molar-refractivity contribution in [3.63, 3.8) is 0 Å². The molecule has 1 aromatic heterocycles. The normalized spacial score (nSPS) is 11.5. The van der Waals surface area contributed by atoms with E-state index in [1.54, 1.807) is 18.2 Å². The molecule has 0 aliphatic rings. The Bertz CT molecular complexity index is 578. The predicted molar refractivity (Wildman–Crippen MR) is 55.2 cm³/mol. The highest BCUT2D eigenvalue weighted by Crippen LogP contribution is 2.35. The number of hydrogen-bond acceptors (Lipinski definition) is 3. The van der Waals surface area contributed by atoms with Crippen molar-refractivity contribution >= 4 is 5.69 Å². The first kappa shape index (κ1) is 12.1. The van der Waals surface area contributed by atoms with Gasteiger partial charge in [0.05, 0.1) is 10.6 Å². The molecule has 0 atom stereocenters. The van der Waals surface area contributed by atoms with E-state index < -0.39 is 22.5 Å². The van der Waals surface area contributed by atoms with Crippen LogP contribution in [0.5, 0.6) is 0 Å². The molecule has 5 nitrogen and oxygen atoms in total. The number of halogens is 3. The van der Waals surface area contributed by atoms with Crippen molar-refractivity contribution in [1.29, 1.82) is 0 Å². The van der Waals surface area contributed by atoms with Crippen LogP contribution in [-0.4, -0.2) is 14.7 Å². The molecule has 8 heteroatoms. The van der Waals surface area contributed by atoms with Gasteiger partial charge in [-0.3, -0.25) is 10.1 Å². The number of nitrogens with zero attached hydrogens (tertiary/aromatic N) is 3. The average molecular weight is 257 g/mol. The van der Waals surface area contributed by atoms with E-state index in [9.17, 15) is 23.3 Å². The Balaban J connectivity index is 2.57. The van der Waals surface area contributed by atoms with Crippen molar-refractivity contribution in [3.05, 3.63) is 52.3 Å². The van der Waals surface area contributed by atoms with Crippen molar-refractivity contribution in [2.24, 2.45) is 0 Å². The minimum atomic E-state index is -4.86. The largest absolute Gasteiger partial charge is 0.442 e. The van der Waals surface area contributed by atoms with Crippen LogP contribution >= 0.6 is 0 Å². The van der Waals surface area contributed by atoms with Crippen LogP contribution < -0.4 is 0 Å². The van der Waals surface area contributed by atoms with Gasteiger partial charge >= 0.3 is 11.9 Å². The van der Waals surface area contributed by atoms with E-state index in [1.165, 1.54) is 12.1 Å². The molecule has 0 aliphatic heterocycles. The molecule has 18 heavy (non-hydrogen) atoms. The highest BCUT2D eigenvalue weighted by Gasteiger charge is 2.42. The van der Waals surface area contributed by atoms with Gasteiger partial charge in [0.1, 0.15) is 6.20 Å². The topological polar surface area (TPSA) is 61.0 Å². The Morgan fingerprint density at radius 1 is 1.22 bits per heavy atom. The molecule has 94 valence electrons. The Kier molecular flexibility index (Phi) is 2.77. The SMILES string of the molecule is O=[N+]([O-])c1cn(-c2ccccc2)nc1C(F)(F)F. The summed E-state index contributed by atoms with van der Waals surface area (Å²) in [4.78, 5) is 9.46. The summed E-state index contributed by atoms with van der Waals surface area (Å²) < 4.78 is 38.5. The van der Waals surface area contributed by atoms with Gasteiger partial charge in [-0.15, -0.1) is 0 Å². The fourth-order valence-corrected chi connectivity index (χ4v) is 1.41. The molecule has 0 saturated carbocycles. The van der Waals surface area contributed by atoms with Gasteiger partial charge in [0.25, 0.3) is 0 Å². The van der Waals surface area contributed by atoms with Gasteiger partial charge in [-0.2, -0.15) is 18.3 Å². The van der Waals surface area contributed by atoms with Crippen LogP contribution in [0.3, 0.4) is 0 Å². The second kappa shape index (κ2) is 4.13. The molecular formula is C10H6F3N3O2. The van der Waals surface area contributed by atoms with E-state index >= 15 is 0 Å². The number of alkyl halides is 3. The Hall–Kier alpha value is -2.38. The smallest absolute Gasteiger partial charge is 0.258 e. The van der Waals surface area contributed by atoms with Crippen molar-refractivity contribution in [2.45, 2.75) is 6.18 Å². The van der Waals surface area contributed by atoms with Crippen molar-refractivity contribution in [2.75, 3.05) is 0 Å². The molecule has 2 rings (SSSR count). The van der Waals surface area contributed by atoms with E-state index in [2.05, 4.69) is 5.10 Å². The summed E-state index contributed by atoms with van der Waals surface area (Å²) in [7, 11) is 0. The zero-order chi connectivity index (χ0) is 13.3. The monoisotopic (exact) mass is 257 g/mol. The third kappa shape index (κ3) is 2.17. The fourth-order valence-electron chi connectivity index (χ4n) is 1.41. The van der Waals surface area contributed by atoms with Crippen LogP contribution in [0, 0.1) is 10.1 Å². The van der Waals surface area contributed by atoms with Gasteiger partial charge in [0, 0.05) is 0 Å². The molecule has 0 unspecified atom stereocenters. The molecule has 0 amide bonds. The second-order valence-electron chi connectivity index (χ2n) is 3.40. The summed E-state index contributed by atoms with van der Waals surface area (Å²) in [5.41, 5.74) is -2.25. The Morgan fingerprint density at radius 2 is 1.83 bits per heavy atom. The number of para-hydroxylation sites is 1. The second-order valence-corrected chi connectivity index (χ2v) is 3.40. The van der Waals surface area contributed by atoms with Crippen LogP contribution in [0.15, 0.2) is 36.5 Å². The van der Waals surface area contributed by atoms with Gasteiger partial charge in [-0.1, -0.05) is 18.2 Å². The van der Waals surface area contributed by atoms with Crippen LogP contribution in [0.1, 0.15) is 5.69 Å². The molecule has 1 heterocycles. The first-order chi connectivity index (χ1) is 8.39. The van der Waals surface area contributed by atoms with Gasteiger partial charge in [0.2, 0.25) is 5.69 Å². The zero-order valence-corrected chi connectivity index (χ0v) is 8.76. The van der Waals surface area contributed by atoms with Gasteiger partial charge in [-0.05, 0) is 12.1 Å². The molecule has 0 saturated heterocycles. The maximum atomic E-state index is 12.6. The summed E-state index contributed by atoms with van der Waals surface area (Å²) in [6.07, 6.45) is -4.11. The van der Waals surface area contributed by atoms with Crippen LogP contribution in [-0.2, 0) is 6.18 Å². The summed E-state index contributed by atoms with van der Waals surface area (Å²) in [6, 6.07) is 7.85. The van der Waals surface area contributed by atoms with Crippen LogP contribution in [0.4, 0.5) is 18.9 Å². The quantitative estimate of drug-likeness (QED) is 0.613. The third-order valence-electron chi connectivity index (χ3n) is 2.18. The summed E-state index contributed by atoms with van der Waals surface area (Å²) in [5.74, 6) is 0. The lowest BCUT2D eigenvalue weighted by molar-refractivity contribution is -0.388. The molecule has 0 radical (unpaired) electrons. The molecule has 0 spiro atoms. The predicted octanol–water partition coefficient (Wildman–Crippen LogP) is 2.80. The fraction of sp³-hybridized carbons (Fsp3) is 0.100. The number of hydrogen-bond donors (Lipinski definition) is 0. The first-order valence-corrected chi connectivity index (χ1v) is 4.76. The van der Waals surface area contributed by atoms with E-state index in [4.69, 9.17) is 0 Å². The maximum Gasteiger partial charge on any atom is 0.442 e. The highest BCUT2D eigenvalue weighted by molar-refractivity contribution is 5.40. The van der Waals surface area contributed by atoms with Crippen LogP contribution in [0.25, 0.3) is 5.69 Å². The van der Waals surface area contributed by atoms with Crippen molar-refractivity contribution < 1.29 is 18.1 Å². The molecule has 0 fully saturated rings. The van der Waals surface area contributed by atoms with E-state index in [0.717, 1.165) is 10.9 Å². The van der Waals surface area contributed by atoms with E-state index in [-0.39, 0.29) is 0 Å². The zero-order valence-electron chi connectivity index (χ0n) is 8.76. The maximum absolute atomic E-state index is 12.6. The first-order valence-electron chi connectivity index (χ1n) is 4.76. The van der Waals surface area contributed by atoms with Crippen molar-refractivity contribution in [3.8, 4) is 5.69 Å². The van der Waals surface area contributed by atoms with Gasteiger partial charge in [-0.25, -0.2) is 4.68 Å². The summed E-state index contributed by atoms with van der Waals surface area (Å²) in [5, 5.41) is 13.8. The highest BCUT2D eigenvalue weighted by atomic mass is 19.4. The number of nitro groups is 1. The lowest BCUT2D eigenvalue weighted by Gasteiger charge is -2.01. The summed E-state index contributed by atoms with van der Waals surface area (Å²) >= 11 is 0. The van der Waals surface area contributed by atoms with E-state index in [1.807, 2.05) is 0 Å². The average Bonchev–Trinajstić information content (AvgIpc) is 2.74. The molecule has 0 N–H and O–H groups in total. The van der Waals surface area contributed by atoms with Gasteiger partial charge in [0.15, 0.2) is 0 Å². The minimum absolute atomic E-state index is 0.316. The van der Waals surface area contributed by atoms with Crippen LogP contribution in [0.2, 0.25) is 0 Å².